The monoisotopic (exact) mass is 296 g/mol. The van der Waals surface area contributed by atoms with Gasteiger partial charge in [-0.25, -0.2) is 9.18 Å². The van der Waals surface area contributed by atoms with Crippen molar-refractivity contribution in [3.8, 4) is 11.8 Å². The number of rotatable bonds is 3. The zero-order valence-electron chi connectivity index (χ0n) is 10.9. The minimum atomic E-state index is -1.76. The molecule has 21 heavy (non-hydrogen) atoms. The summed E-state index contributed by atoms with van der Waals surface area (Å²) in [6.45, 7) is -1.16. The number of nitriles is 1. The van der Waals surface area contributed by atoms with Crippen LogP contribution in [0.4, 0.5) is 9.18 Å². The fourth-order valence-electron chi connectivity index (χ4n) is 2.14. The minimum absolute atomic E-state index is 0.0376. The number of halogens is 1. The maximum atomic E-state index is 13.5. The van der Waals surface area contributed by atoms with Gasteiger partial charge in [-0.1, -0.05) is 0 Å². The van der Waals surface area contributed by atoms with Crippen LogP contribution in [-0.2, 0) is 0 Å². The van der Waals surface area contributed by atoms with Gasteiger partial charge in [-0.2, -0.15) is 5.26 Å². The summed E-state index contributed by atoms with van der Waals surface area (Å²) in [5.74, 6) is -0.744. The molecule has 7 nitrogen and oxygen atoms in total. The molecular weight excluding hydrogens is 283 g/mol. The van der Waals surface area contributed by atoms with E-state index in [4.69, 9.17) is 15.1 Å². The molecule has 1 aliphatic rings. The van der Waals surface area contributed by atoms with Crippen molar-refractivity contribution in [1.29, 1.82) is 5.26 Å². The minimum Gasteiger partial charge on any atom is -0.485 e. The predicted octanol–water partition coefficient (Wildman–Crippen LogP) is 0.162. The Balaban J connectivity index is 2.20. The maximum absolute atomic E-state index is 13.5. The zero-order chi connectivity index (χ0) is 15.6. The van der Waals surface area contributed by atoms with Crippen molar-refractivity contribution >= 4 is 6.09 Å². The Morgan fingerprint density at radius 1 is 1.62 bits per heavy atom. The van der Waals surface area contributed by atoms with Crippen LogP contribution in [0.3, 0.4) is 0 Å². The second-order valence-corrected chi connectivity index (χ2v) is 4.78. The number of amides is 1. The molecule has 0 aliphatic carbocycles. The summed E-state index contributed by atoms with van der Waals surface area (Å²) in [5.41, 5.74) is -1.92. The Labute approximate surface area is 119 Å². The predicted molar refractivity (Wildman–Crippen MR) is 67.2 cm³/mol. The number of benzene rings is 1. The number of carbonyl (C=O) groups is 1. The molecule has 0 radical (unpaired) electrons. The molecule has 8 heteroatoms. The van der Waals surface area contributed by atoms with Crippen molar-refractivity contribution in [2.24, 2.45) is 0 Å². The van der Waals surface area contributed by atoms with Gasteiger partial charge in [-0.05, 0) is 12.1 Å². The standard InChI is InChI=1S/C13H13FN2O5/c14-10-3-9(2-1-8(10)4-15)21-11-5-16(12(18)19)6-13(11,20)7-17/h1-3,11,17,20H,5-7H2,(H,18,19)/t11-,13+/m0/s1. The average molecular weight is 296 g/mol. The third kappa shape index (κ3) is 2.89. The first-order valence-electron chi connectivity index (χ1n) is 6.07. The van der Waals surface area contributed by atoms with Crippen molar-refractivity contribution in [2.45, 2.75) is 11.7 Å². The van der Waals surface area contributed by atoms with Crippen molar-refractivity contribution in [2.75, 3.05) is 19.7 Å². The van der Waals surface area contributed by atoms with Crippen LogP contribution >= 0.6 is 0 Å². The van der Waals surface area contributed by atoms with Gasteiger partial charge in [0.2, 0.25) is 0 Å². The number of aliphatic hydroxyl groups is 2. The molecule has 1 amide bonds. The van der Waals surface area contributed by atoms with E-state index in [1.54, 1.807) is 6.07 Å². The molecule has 1 aliphatic heterocycles. The molecule has 1 heterocycles. The van der Waals surface area contributed by atoms with E-state index in [1.165, 1.54) is 12.1 Å². The molecule has 0 bridgehead atoms. The van der Waals surface area contributed by atoms with Crippen LogP contribution in [0.25, 0.3) is 0 Å². The van der Waals surface area contributed by atoms with Crippen LogP contribution < -0.4 is 4.74 Å². The van der Waals surface area contributed by atoms with Gasteiger partial charge in [-0.3, -0.25) is 0 Å². The van der Waals surface area contributed by atoms with Gasteiger partial charge < -0.3 is 25.0 Å². The summed E-state index contributed by atoms with van der Waals surface area (Å²) < 4.78 is 18.9. The first-order valence-corrected chi connectivity index (χ1v) is 6.07. The smallest absolute Gasteiger partial charge is 0.407 e. The molecule has 0 aromatic heterocycles. The summed E-state index contributed by atoms with van der Waals surface area (Å²) in [7, 11) is 0. The molecule has 3 N–H and O–H groups in total. The molecule has 0 saturated carbocycles. The van der Waals surface area contributed by atoms with E-state index in [0.717, 1.165) is 11.0 Å². The molecular formula is C13H13FN2O5. The van der Waals surface area contributed by atoms with Crippen LogP contribution in [-0.4, -0.2) is 57.7 Å². The van der Waals surface area contributed by atoms with Gasteiger partial charge in [0.15, 0.2) is 0 Å². The van der Waals surface area contributed by atoms with Crippen molar-refractivity contribution in [3.05, 3.63) is 29.6 Å². The van der Waals surface area contributed by atoms with E-state index in [1.807, 2.05) is 0 Å². The van der Waals surface area contributed by atoms with Gasteiger partial charge >= 0.3 is 6.09 Å². The zero-order valence-corrected chi connectivity index (χ0v) is 10.9. The van der Waals surface area contributed by atoms with Crippen LogP contribution in [0.1, 0.15) is 5.56 Å². The summed E-state index contributed by atoms with van der Waals surface area (Å²) in [5, 5.41) is 37.0. The SMILES string of the molecule is N#Cc1ccc(O[C@H]2CN(C(=O)O)C[C@@]2(O)CO)cc1F. The number of hydrogen-bond donors (Lipinski definition) is 3. The number of β-amino-alcohol motifs (C(OH)–C–C–N with tert-alkyl or cyclic N) is 1. The Bertz CT molecular complexity index is 603. The third-order valence-corrected chi connectivity index (χ3v) is 3.33. The highest BCUT2D eigenvalue weighted by atomic mass is 19.1. The second-order valence-electron chi connectivity index (χ2n) is 4.78. The van der Waals surface area contributed by atoms with E-state index in [0.29, 0.717) is 0 Å². The van der Waals surface area contributed by atoms with Gasteiger partial charge in [-0.15, -0.1) is 0 Å². The number of aliphatic hydroxyl groups excluding tert-OH is 1. The van der Waals surface area contributed by atoms with E-state index in [-0.39, 0.29) is 24.4 Å². The van der Waals surface area contributed by atoms with Crippen LogP contribution in [0.5, 0.6) is 5.75 Å². The number of nitrogens with zero attached hydrogens (tertiary/aromatic N) is 2. The first kappa shape index (κ1) is 15.0. The lowest BCUT2D eigenvalue weighted by atomic mass is 10.0. The fourth-order valence-corrected chi connectivity index (χ4v) is 2.14. The summed E-state index contributed by atoms with van der Waals surface area (Å²) in [6.07, 6.45) is -2.29. The average Bonchev–Trinajstić information content (AvgIpc) is 2.77. The highest BCUT2D eigenvalue weighted by Gasteiger charge is 2.48. The van der Waals surface area contributed by atoms with Crippen LogP contribution in [0.15, 0.2) is 18.2 Å². The lowest BCUT2D eigenvalue weighted by Crippen LogP contribution is -2.48. The lowest BCUT2D eigenvalue weighted by molar-refractivity contribution is -0.0647. The normalized spacial score (nSPS) is 24.7. The highest BCUT2D eigenvalue weighted by molar-refractivity contribution is 5.65. The Morgan fingerprint density at radius 3 is 2.86 bits per heavy atom. The molecule has 0 unspecified atom stereocenters. The molecule has 2 atom stereocenters. The Hall–Kier alpha value is -2.37. The molecule has 1 fully saturated rings. The molecule has 1 aromatic carbocycles. The molecule has 2 rings (SSSR count). The van der Waals surface area contributed by atoms with E-state index in [2.05, 4.69) is 0 Å². The van der Waals surface area contributed by atoms with Crippen LogP contribution in [0, 0.1) is 17.1 Å². The molecule has 0 spiro atoms. The van der Waals surface area contributed by atoms with E-state index >= 15 is 0 Å². The lowest BCUT2D eigenvalue weighted by Gasteiger charge is -2.26. The van der Waals surface area contributed by atoms with E-state index in [9.17, 15) is 19.4 Å². The number of likely N-dealkylation sites (tertiary alicyclic amines) is 1. The van der Waals surface area contributed by atoms with E-state index < -0.39 is 30.2 Å². The molecule has 1 aromatic rings. The van der Waals surface area contributed by atoms with Gasteiger partial charge in [0.1, 0.15) is 29.3 Å². The Kier molecular flexibility index (Phi) is 3.97. The number of ether oxygens (including phenoxy) is 1. The first-order chi connectivity index (χ1) is 9.89. The van der Waals surface area contributed by atoms with Crippen molar-refractivity contribution in [3.63, 3.8) is 0 Å². The maximum Gasteiger partial charge on any atom is 0.407 e. The Morgan fingerprint density at radius 2 is 2.33 bits per heavy atom. The van der Waals surface area contributed by atoms with Gasteiger partial charge in [0, 0.05) is 6.07 Å². The van der Waals surface area contributed by atoms with Gasteiger partial charge in [0.25, 0.3) is 0 Å². The third-order valence-electron chi connectivity index (χ3n) is 3.33. The highest BCUT2D eigenvalue weighted by Crippen LogP contribution is 2.27. The topological polar surface area (TPSA) is 114 Å². The molecule has 112 valence electrons. The van der Waals surface area contributed by atoms with Crippen molar-refractivity contribution in [1.82, 2.24) is 4.90 Å². The summed E-state index contributed by atoms with van der Waals surface area (Å²) in [4.78, 5) is 11.8. The van der Waals surface area contributed by atoms with Gasteiger partial charge in [0.05, 0.1) is 25.3 Å². The fraction of sp³-hybridized carbons (Fsp3) is 0.385. The number of carboxylic acid groups (broad SMARTS) is 1. The van der Waals surface area contributed by atoms with Crippen molar-refractivity contribution < 1.29 is 29.2 Å². The summed E-state index contributed by atoms with van der Waals surface area (Å²) >= 11 is 0. The second kappa shape index (κ2) is 5.55. The largest absolute Gasteiger partial charge is 0.485 e. The summed E-state index contributed by atoms with van der Waals surface area (Å²) in [6, 6.07) is 5.18. The molecule has 1 saturated heterocycles. The number of hydrogen-bond acceptors (Lipinski definition) is 5. The van der Waals surface area contributed by atoms with Crippen LogP contribution in [0.2, 0.25) is 0 Å². The quantitative estimate of drug-likeness (QED) is 0.732.